The van der Waals surface area contributed by atoms with E-state index in [4.69, 9.17) is 9.84 Å². The van der Waals surface area contributed by atoms with Gasteiger partial charge in [0.2, 0.25) is 0 Å². The van der Waals surface area contributed by atoms with Gasteiger partial charge in [-0.25, -0.2) is 4.79 Å². The molecular weight excluding hydrogens is 286 g/mol. The van der Waals surface area contributed by atoms with Crippen LogP contribution in [0.15, 0.2) is 47.4 Å². The Labute approximate surface area is 127 Å². The molecule has 0 aliphatic rings. The Morgan fingerprint density at radius 1 is 1.18 bits per heavy atom. The van der Waals surface area contributed by atoms with Gasteiger partial charge in [-0.05, 0) is 23.8 Å². The molecule has 0 saturated heterocycles. The lowest BCUT2D eigenvalue weighted by molar-refractivity contribution is 0.0695. The van der Waals surface area contributed by atoms with Crippen molar-refractivity contribution in [3.63, 3.8) is 0 Å². The van der Waals surface area contributed by atoms with Crippen molar-refractivity contribution in [1.82, 2.24) is 4.57 Å². The number of hydrogen-bond donors (Lipinski definition) is 2. The molecule has 2 aromatic rings. The molecule has 2 rings (SSSR count). The maximum absolute atomic E-state index is 12.3. The van der Waals surface area contributed by atoms with Crippen LogP contribution in [0.3, 0.4) is 0 Å². The van der Waals surface area contributed by atoms with E-state index < -0.39 is 5.97 Å². The molecule has 0 spiro atoms. The average molecular weight is 303 g/mol. The first-order chi connectivity index (χ1) is 10.6. The molecule has 1 aromatic heterocycles. The van der Waals surface area contributed by atoms with Crippen LogP contribution in [-0.4, -0.2) is 34.0 Å². The summed E-state index contributed by atoms with van der Waals surface area (Å²) in [5.74, 6) is -0.845. The van der Waals surface area contributed by atoms with Gasteiger partial charge in [-0.3, -0.25) is 4.79 Å². The molecule has 2 N–H and O–H groups in total. The van der Waals surface area contributed by atoms with Crippen LogP contribution in [0.2, 0.25) is 0 Å². The van der Waals surface area contributed by atoms with Gasteiger partial charge in [-0.1, -0.05) is 18.2 Å². The van der Waals surface area contributed by atoms with Crippen molar-refractivity contribution in [1.29, 1.82) is 0 Å². The maximum Gasteiger partial charge on any atom is 0.336 e. The van der Waals surface area contributed by atoms with E-state index in [-0.39, 0.29) is 36.6 Å². The van der Waals surface area contributed by atoms with E-state index in [1.54, 1.807) is 36.5 Å². The summed E-state index contributed by atoms with van der Waals surface area (Å²) in [6.07, 6.45) is 2.02. The molecule has 0 radical (unpaired) electrons. The monoisotopic (exact) mass is 303 g/mol. The van der Waals surface area contributed by atoms with Gasteiger partial charge in [0.05, 0.1) is 18.7 Å². The standard InChI is InChI=1S/C16H17NO5/c18-9-4-10-22-14-7-3-8-17(15(14)19)11-12-5-1-2-6-13(12)16(20)21/h1-3,5-8,18H,4,9-11H2,(H,20,21). The van der Waals surface area contributed by atoms with E-state index >= 15 is 0 Å². The average Bonchev–Trinajstić information content (AvgIpc) is 2.51. The van der Waals surface area contributed by atoms with E-state index in [1.165, 1.54) is 10.6 Å². The molecule has 1 aromatic carbocycles. The highest BCUT2D eigenvalue weighted by molar-refractivity contribution is 5.89. The summed E-state index contributed by atoms with van der Waals surface area (Å²) >= 11 is 0. The molecule has 116 valence electrons. The van der Waals surface area contributed by atoms with Gasteiger partial charge in [-0.15, -0.1) is 0 Å². The normalized spacial score (nSPS) is 10.4. The Balaban J connectivity index is 2.25. The van der Waals surface area contributed by atoms with Crippen LogP contribution in [0.1, 0.15) is 22.3 Å². The van der Waals surface area contributed by atoms with E-state index in [0.717, 1.165) is 0 Å². The summed E-state index contributed by atoms with van der Waals surface area (Å²) in [7, 11) is 0. The van der Waals surface area contributed by atoms with Gasteiger partial charge in [-0.2, -0.15) is 0 Å². The third kappa shape index (κ3) is 3.73. The topological polar surface area (TPSA) is 88.8 Å². The van der Waals surface area contributed by atoms with Gasteiger partial charge in [0, 0.05) is 19.2 Å². The molecule has 1 heterocycles. The van der Waals surface area contributed by atoms with Gasteiger partial charge in [0.15, 0.2) is 5.75 Å². The van der Waals surface area contributed by atoms with Gasteiger partial charge >= 0.3 is 5.97 Å². The van der Waals surface area contributed by atoms with E-state index in [1.807, 2.05) is 0 Å². The molecule has 0 amide bonds. The summed E-state index contributed by atoms with van der Waals surface area (Å²) < 4.78 is 6.72. The Morgan fingerprint density at radius 2 is 1.95 bits per heavy atom. The number of carbonyl (C=O) groups is 1. The van der Waals surface area contributed by atoms with Gasteiger partial charge in [0.25, 0.3) is 5.56 Å². The molecule has 6 nitrogen and oxygen atoms in total. The highest BCUT2D eigenvalue weighted by atomic mass is 16.5. The second kappa shape index (κ2) is 7.42. The SMILES string of the molecule is O=C(O)c1ccccc1Cn1cccc(OCCCO)c1=O. The fraction of sp³-hybridized carbons (Fsp3) is 0.250. The number of carboxylic acid groups (broad SMARTS) is 1. The fourth-order valence-corrected chi connectivity index (χ4v) is 2.05. The van der Waals surface area contributed by atoms with Crippen LogP contribution < -0.4 is 10.3 Å². The van der Waals surface area contributed by atoms with Crippen LogP contribution in [0, 0.1) is 0 Å². The molecule has 22 heavy (non-hydrogen) atoms. The van der Waals surface area contributed by atoms with Crippen molar-refractivity contribution >= 4 is 5.97 Å². The second-order valence-electron chi connectivity index (χ2n) is 4.69. The number of aromatic carboxylic acids is 1. The predicted molar refractivity (Wildman–Crippen MR) is 80.4 cm³/mol. The number of benzene rings is 1. The largest absolute Gasteiger partial charge is 0.488 e. The number of hydrogen-bond acceptors (Lipinski definition) is 4. The lowest BCUT2D eigenvalue weighted by atomic mass is 10.1. The Bertz CT molecular complexity index is 708. The van der Waals surface area contributed by atoms with E-state index in [9.17, 15) is 14.7 Å². The molecule has 0 atom stereocenters. The molecule has 0 saturated carbocycles. The van der Waals surface area contributed by atoms with Crippen molar-refractivity contribution in [3.8, 4) is 5.75 Å². The van der Waals surface area contributed by atoms with Crippen molar-refractivity contribution in [2.24, 2.45) is 0 Å². The Morgan fingerprint density at radius 3 is 2.68 bits per heavy atom. The molecule has 0 fully saturated rings. The van der Waals surface area contributed by atoms with Gasteiger partial charge < -0.3 is 19.5 Å². The summed E-state index contributed by atoms with van der Waals surface area (Å²) in [5.41, 5.74) is 0.381. The first-order valence-electron chi connectivity index (χ1n) is 6.88. The zero-order chi connectivity index (χ0) is 15.9. The first kappa shape index (κ1) is 15.8. The minimum absolute atomic E-state index is 0.00693. The minimum Gasteiger partial charge on any atom is -0.488 e. The second-order valence-corrected chi connectivity index (χ2v) is 4.69. The van der Waals surface area contributed by atoms with E-state index in [0.29, 0.717) is 12.0 Å². The van der Waals surface area contributed by atoms with Crippen molar-refractivity contribution in [3.05, 3.63) is 64.1 Å². The lowest BCUT2D eigenvalue weighted by Crippen LogP contribution is -2.23. The smallest absolute Gasteiger partial charge is 0.336 e. The molecule has 0 aliphatic carbocycles. The third-order valence-corrected chi connectivity index (χ3v) is 3.13. The van der Waals surface area contributed by atoms with Crippen LogP contribution in [0.4, 0.5) is 0 Å². The number of pyridine rings is 1. The molecular formula is C16H17NO5. The van der Waals surface area contributed by atoms with Crippen LogP contribution in [-0.2, 0) is 6.54 Å². The molecule has 0 unspecified atom stereocenters. The Kier molecular flexibility index (Phi) is 5.32. The van der Waals surface area contributed by atoms with Crippen molar-refractivity contribution in [2.45, 2.75) is 13.0 Å². The zero-order valence-corrected chi connectivity index (χ0v) is 11.9. The van der Waals surface area contributed by atoms with Crippen LogP contribution in [0.5, 0.6) is 5.75 Å². The number of ether oxygens (including phenoxy) is 1. The Hall–Kier alpha value is -2.60. The van der Waals surface area contributed by atoms with Crippen LogP contribution >= 0.6 is 0 Å². The molecule has 0 bridgehead atoms. The maximum atomic E-state index is 12.3. The number of aliphatic hydroxyl groups excluding tert-OH is 1. The summed E-state index contributed by atoms with van der Waals surface area (Å²) in [5, 5.41) is 17.9. The number of carboxylic acids is 1. The van der Waals surface area contributed by atoms with Crippen molar-refractivity contribution < 1.29 is 19.7 Å². The zero-order valence-electron chi connectivity index (χ0n) is 11.9. The summed E-state index contributed by atoms with van der Waals surface area (Å²) in [6.45, 7) is 0.396. The van der Waals surface area contributed by atoms with E-state index in [2.05, 4.69) is 0 Å². The number of aromatic nitrogens is 1. The quantitative estimate of drug-likeness (QED) is 0.754. The van der Waals surface area contributed by atoms with Crippen molar-refractivity contribution in [2.75, 3.05) is 13.2 Å². The highest BCUT2D eigenvalue weighted by Crippen LogP contribution is 2.11. The number of rotatable bonds is 7. The van der Waals surface area contributed by atoms with Crippen LogP contribution in [0.25, 0.3) is 0 Å². The predicted octanol–water partition coefficient (Wildman–Crippen LogP) is 1.36. The first-order valence-corrected chi connectivity index (χ1v) is 6.88. The lowest BCUT2D eigenvalue weighted by Gasteiger charge is -2.11. The molecule has 0 aliphatic heterocycles. The van der Waals surface area contributed by atoms with Gasteiger partial charge in [0.1, 0.15) is 0 Å². The fourth-order valence-electron chi connectivity index (χ4n) is 2.05. The molecule has 6 heteroatoms. The number of aliphatic hydroxyl groups is 1. The minimum atomic E-state index is -1.03. The summed E-state index contributed by atoms with van der Waals surface area (Å²) in [6, 6.07) is 9.77. The number of nitrogens with zero attached hydrogens (tertiary/aromatic N) is 1. The highest BCUT2D eigenvalue weighted by Gasteiger charge is 2.11. The third-order valence-electron chi connectivity index (χ3n) is 3.13. The summed E-state index contributed by atoms with van der Waals surface area (Å²) in [4.78, 5) is 23.5.